The van der Waals surface area contributed by atoms with Crippen molar-refractivity contribution in [3.8, 4) is 5.75 Å². The maximum absolute atomic E-state index is 13.9. The molecule has 1 aromatic carbocycles. The average Bonchev–Trinajstić information content (AvgIpc) is 2.78. The molecule has 31 heavy (non-hydrogen) atoms. The minimum absolute atomic E-state index is 0.323. The smallest absolute Gasteiger partial charge is 0.316 e. The van der Waals surface area contributed by atoms with Crippen LogP contribution in [0.4, 0.5) is 22.0 Å². The minimum atomic E-state index is -2.37. The SMILES string of the molecule is CCC(C)[C@@H](C(=O)Oc1c(F)c(F)c(F)c(F)c1F)[C@H](C)N(C=O)OC1CCCCO1. The summed E-state index contributed by atoms with van der Waals surface area (Å²) in [6.07, 6.45) is 2.14. The number of hydroxylamine groups is 2. The van der Waals surface area contributed by atoms with Crippen molar-refractivity contribution in [1.29, 1.82) is 0 Å². The summed E-state index contributed by atoms with van der Waals surface area (Å²) in [5.41, 5.74) is 0. The van der Waals surface area contributed by atoms with E-state index in [1.807, 2.05) is 0 Å². The van der Waals surface area contributed by atoms with Gasteiger partial charge < -0.3 is 9.47 Å². The number of amides is 1. The normalized spacial score (nSPS) is 19.4. The van der Waals surface area contributed by atoms with Crippen LogP contribution in [-0.2, 0) is 19.2 Å². The van der Waals surface area contributed by atoms with Crippen molar-refractivity contribution in [2.45, 2.75) is 58.8 Å². The fourth-order valence-corrected chi connectivity index (χ4v) is 3.31. The Bertz CT molecular complexity index is 774. The van der Waals surface area contributed by atoms with Crippen LogP contribution in [0.15, 0.2) is 0 Å². The van der Waals surface area contributed by atoms with Gasteiger partial charge in [-0.15, -0.1) is 0 Å². The van der Waals surface area contributed by atoms with Crippen LogP contribution in [-0.4, -0.2) is 36.4 Å². The lowest BCUT2D eigenvalue weighted by molar-refractivity contribution is -0.288. The molecule has 11 heteroatoms. The number of esters is 1. The molecular formula is C20H24F5NO5. The summed E-state index contributed by atoms with van der Waals surface area (Å²) in [5.74, 6) is -16.0. The van der Waals surface area contributed by atoms with Gasteiger partial charge >= 0.3 is 5.97 Å². The van der Waals surface area contributed by atoms with E-state index in [0.717, 1.165) is 17.9 Å². The third-order valence-corrected chi connectivity index (χ3v) is 5.30. The first-order valence-electron chi connectivity index (χ1n) is 9.89. The summed E-state index contributed by atoms with van der Waals surface area (Å²) in [5, 5.41) is 0.840. The van der Waals surface area contributed by atoms with Gasteiger partial charge in [0.15, 0.2) is 6.29 Å². The third kappa shape index (κ3) is 5.51. The van der Waals surface area contributed by atoms with Crippen LogP contribution < -0.4 is 4.74 Å². The Kier molecular flexibility index (Phi) is 8.75. The molecule has 0 aromatic heterocycles. The van der Waals surface area contributed by atoms with Crippen LogP contribution in [0.3, 0.4) is 0 Å². The van der Waals surface area contributed by atoms with Crippen molar-refractivity contribution in [2.24, 2.45) is 11.8 Å². The standard InChI is InChI=1S/C20H24F5NO5/c1-4-10(2)13(11(3)26(9-27)31-12-7-5-6-8-29-12)20(28)30-19-17(24)15(22)14(21)16(23)18(19)25/h9-13H,4-8H2,1-3H3/t10?,11-,12?,13+/m0/s1. The molecule has 6 nitrogen and oxygen atoms in total. The Morgan fingerprint density at radius 3 is 2.16 bits per heavy atom. The fourth-order valence-electron chi connectivity index (χ4n) is 3.31. The summed E-state index contributed by atoms with van der Waals surface area (Å²) in [4.78, 5) is 29.8. The molecule has 174 valence electrons. The zero-order chi connectivity index (χ0) is 23.3. The lowest BCUT2D eigenvalue weighted by Gasteiger charge is -2.35. The van der Waals surface area contributed by atoms with Gasteiger partial charge in [0, 0.05) is 13.0 Å². The lowest BCUT2D eigenvalue weighted by atomic mass is 9.86. The molecule has 1 fully saturated rings. The largest absolute Gasteiger partial charge is 0.420 e. The van der Waals surface area contributed by atoms with Crippen molar-refractivity contribution < 1.29 is 45.9 Å². The summed E-state index contributed by atoms with van der Waals surface area (Å²) in [6.45, 7) is 5.20. The highest BCUT2D eigenvalue weighted by Gasteiger charge is 2.38. The number of nitrogens with zero attached hydrogens (tertiary/aromatic N) is 1. The first-order chi connectivity index (χ1) is 14.6. The molecule has 0 aliphatic carbocycles. The molecule has 2 unspecified atom stereocenters. The van der Waals surface area contributed by atoms with Crippen molar-refractivity contribution in [2.75, 3.05) is 6.61 Å². The van der Waals surface area contributed by atoms with E-state index in [2.05, 4.69) is 4.74 Å². The number of benzene rings is 1. The molecule has 1 aromatic rings. The van der Waals surface area contributed by atoms with Gasteiger partial charge in [-0.1, -0.05) is 20.3 Å². The van der Waals surface area contributed by atoms with Crippen molar-refractivity contribution >= 4 is 12.4 Å². The van der Waals surface area contributed by atoms with Gasteiger partial charge in [0.1, 0.15) is 0 Å². The highest BCUT2D eigenvalue weighted by atomic mass is 19.2. The van der Waals surface area contributed by atoms with Gasteiger partial charge in [0.05, 0.1) is 12.0 Å². The van der Waals surface area contributed by atoms with Gasteiger partial charge in [-0.2, -0.15) is 8.78 Å². The molecule has 0 spiro atoms. The number of ether oxygens (including phenoxy) is 2. The predicted molar refractivity (Wildman–Crippen MR) is 96.9 cm³/mol. The van der Waals surface area contributed by atoms with Crippen LogP contribution in [0.25, 0.3) is 0 Å². The molecule has 1 heterocycles. The Hall–Kier alpha value is -2.27. The van der Waals surface area contributed by atoms with Crippen LogP contribution in [0.5, 0.6) is 5.75 Å². The number of carbonyl (C=O) groups excluding carboxylic acids is 2. The first kappa shape index (κ1) is 25.0. The molecule has 0 N–H and O–H groups in total. The average molecular weight is 453 g/mol. The number of hydrogen-bond acceptors (Lipinski definition) is 5. The number of halogens is 5. The Morgan fingerprint density at radius 2 is 1.68 bits per heavy atom. The van der Waals surface area contributed by atoms with E-state index < -0.39 is 65.0 Å². The summed E-state index contributed by atoms with van der Waals surface area (Å²) >= 11 is 0. The molecule has 0 bridgehead atoms. The second-order valence-electron chi connectivity index (χ2n) is 7.34. The van der Waals surface area contributed by atoms with Crippen LogP contribution >= 0.6 is 0 Å². The number of rotatable bonds is 9. The fraction of sp³-hybridized carbons (Fsp3) is 0.600. The van der Waals surface area contributed by atoms with Crippen molar-refractivity contribution in [1.82, 2.24) is 5.06 Å². The second kappa shape index (κ2) is 10.9. The van der Waals surface area contributed by atoms with Crippen LogP contribution in [0.2, 0.25) is 0 Å². The van der Waals surface area contributed by atoms with E-state index in [1.165, 1.54) is 6.92 Å². The predicted octanol–water partition coefficient (Wildman–Crippen LogP) is 4.25. The highest BCUT2D eigenvalue weighted by molar-refractivity contribution is 5.76. The molecule has 0 radical (unpaired) electrons. The highest BCUT2D eigenvalue weighted by Crippen LogP contribution is 2.32. The monoisotopic (exact) mass is 453 g/mol. The molecule has 1 saturated heterocycles. The minimum Gasteiger partial charge on any atom is -0.420 e. The molecule has 1 aliphatic heterocycles. The second-order valence-corrected chi connectivity index (χ2v) is 7.34. The topological polar surface area (TPSA) is 65.1 Å². The van der Waals surface area contributed by atoms with E-state index in [1.54, 1.807) is 13.8 Å². The third-order valence-electron chi connectivity index (χ3n) is 5.30. The molecule has 4 atom stereocenters. The van der Waals surface area contributed by atoms with E-state index in [-0.39, 0.29) is 0 Å². The summed E-state index contributed by atoms with van der Waals surface area (Å²) in [6, 6.07) is -0.994. The zero-order valence-electron chi connectivity index (χ0n) is 17.3. The van der Waals surface area contributed by atoms with Gasteiger partial charge in [0.2, 0.25) is 41.2 Å². The number of hydrogen-bond donors (Lipinski definition) is 0. The van der Waals surface area contributed by atoms with E-state index in [4.69, 9.17) is 9.57 Å². The van der Waals surface area contributed by atoms with Crippen LogP contribution in [0.1, 0.15) is 46.5 Å². The maximum atomic E-state index is 13.9. The van der Waals surface area contributed by atoms with Gasteiger partial charge in [0.25, 0.3) is 0 Å². The first-order valence-corrected chi connectivity index (χ1v) is 9.89. The van der Waals surface area contributed by atoms with Crippen molar-refractivity contribution in [3.05, 3.63) is 29.1 Å². The van der Waals surface area contributed by atoms with Gasteiger partial charge in [-0.25, -0.2) is 23.1 Å². The van der Waals surface area contributed by atoms with E-state index >= 15 is 0 Å². The molecule has 1 aliphatic rings. The molecular weight excluding hydrogens is 429 g/mol. The Balaban J connectivity index is 2.29. The lowest BCUT2D eigenvalue weighted by Crippen LogP contribution is -2.47. The van der Waals surface area contributed by atoms with Gasteiger partial charge in [-0.3, -0.25) is 9.59 Å². The van der Waals surface area contributed by atoms with Gasteiger partial charge in [-0.05, 0) is 25.7 Å². The van der Waals surface area contributed by atoms with Crippen molar-refractivity contribution in [3.63, 3.8) is 0 Å². The molecule has 2 rings (SSSR count). The Morgan fingerprint density at radius 1 is 1.10 bits per heavy atom. The van der Waals surface area contributed by atoms with E-state index in [0.29, 0.717) is 25.9 Å². The maximum Gasteiger partial charge on any atom is 0.316 e. The van der Waals surface area contributed by atoms with Crippen LogP contribution in [0, 0.1) is 40.9 Å². The quantitative estimate of drug-likeness (QED) is 0.106. The summed E-state index contributed by atoms with van der Waals surface area (Å²) in [7, 11) is 0. The number of carbonyl (C=O) groups is 2. The van der Waals surface area contributed by atoms with E-state index in [9.17, 15) is 31.5 Å². The molecule has 0 saturated carbocycles. The summed E-state index contributed by atoms with van der Waals surface area (Å²) < 4.78 is 78.0. The molecule has 1 amide bonds. The zero-order valence-corrected chi connectivity index (χ0v) is 17.3. The Labute approximate surface area is 176 Å².